The molecule has 0 radical (unpaired) electrons. The van der Waals surface area contributed by atoms with Gasteiger partial charge >= 0.3 is 0 Å². The lowest BCUT2D eigenvalue weighted by Gasteiger charge is -2.32. The lowest BCUT2D eigenvalue weighted by atomic mass is 10.1. The van der Waals surface area contributed by atoms with Crippen LogP contribution in [0, 0.1) is 6.92 Å². The summed E-state index contributed by atoms with van der Waals surface area (Å²) in [5.41, 5.74) is 0.370. The van der Waals surface area contributed by atoms with Gasteiger partial charge in [0.2, 0.25) is 5.91 Å². The van der Waals surface area contributed by atoms with E-state index in [0.29, 0.717) is 37.6 Å². The van der Waals surface area contributed by atoms with Crippen molar-refractivity contribution in [1.29, 1.82) is 0 Å². The SMILES string of the molecule is Cc1nc([C@@H]2CN(C(=O)CCCn3cccn3)CCO2)cc(=O)[nH]1. The molecule has 128 valence electrons. The summed E-state index contributed by atoms with van der Waals surface area (Å²) in [6.07, 6.45) is 4.47. The van der Waals surface area contributed by atoms with E-state index in [2.05, 4.69) is 15.1 Å². The minimum Gasteiger partial charge on any atom is -0.368 e. The first-order valence-electron chi connectivity index (χ1n) is 8.06. The topological polar surface area (TPSA) is 93.1 Å². The molecule has 8 nitrogen and oxygen atoms in total. The van der Waals surface area contributed by atoms with Gasteiger partial charge in [0.25, 0.3) is 5.56 Å². The van der Waals surface area contributed by atoms with Gasteiger partial charge in [-0.05, 0) is 19.4 Å². The lowest BCUT2D eigenvalue weighted by Crippen LogP contribution is -2.42. The zero-order chi connectivity index (χ0) is 16.9. The highest BCUT2D eigenvalue weighted by Crippen LogP contribution is 2.20. The van der Waals surface area contributed by atoms with Crippen molar-refractivity contribution in [3.63, 3.8) is 0 Å². The summed E-state index contributed by atoms with van der Waals surface area (Å²) in [6.45, 7) is 3.89. The van der Waals surface area contributed by atoms with Crippen molar-refractivity contribution in [2.24, 2.45) is 0 Å². The zero-order valence-electron chi connectivity index (χ0n) is 13.6. The van der Waals surface area contributed by atoms with Gasteiger partial charge in [-0.25, -0.2) is 4.98 Å². The number of aryl methyl sites for hydroxylation is 2. The summed E-state index contributed by atoms with van der Waals surface area (Å²) in [5.74, 6) is 0.640. The fourth-order valence-electron chi connectivity index (χ4n) is 2.81. The number of amides is 1. The smallest absolute Gasteiger partial charge is 0.251 e. The summed E-state index contributed by atoms with van der Waals surface area (Å²) in [4.78, 5) is 32.7. The Morgan fingerprint density at radius 3 is 3.12 bits per heavy atom. The highest BCUT2D eigenvalue weighted by Gasteiger charge is 2.26. The second kappa shape index (κ2) is 7.39. The Balaban J connectivity index is 1.56. The quantitative estimate of drug-likeness (QED) is 0.868. The Kier molecular flexibility index (Phi) is 5.05. The number of ether oxygens (including phenoxy) is 1. The molecule has 0 unspecified atom stereocenters. The molecular weight excluding hydrogens is 310 g/mol. The second-order valence-corrected chi connectivity index (χ2v) is 5.83. The van der Waals surface area contributed by atoms with Crippen molar-refractivity contribution in [3.05, 3.63) is 46.4 Å². The van der Waals surface area contributed by atoms with Crippen molar-refractivity contribution in [2.45, 2.75) is 32.4 Å². The highest BCUT2D eigenvalue weighted by molar-refractivity contribution is 5.76. The van der Waals surface area contributed by atoms with Gasteiger partial charge in [0.15, 0.2) is 0 Å². The number of H-pyrrole nitrogens is 1. The van der Waals surface area contributed by atoms with Gasteiger partial charge in [-0.1, -0.05) is 0 Å². The molecule has 0 aromatic carbocycles. The minimum absolute atomic E-state index is 0.0945. The Hall–Kier alpha value is -2.48. The number of rotatable bonds is 5. The maximum Gasteiger partial charge on any atom is 0.251 e. The van der Waals surface area contributed by atoms with Crippen molar-refractivity contribution in [1.82, 2.24) is 24.6 Å². The van der Waals surface area contributed by atoms with Crippen LogP contribution in [-0.4, -0.2) is 50.3 Å². The number of carbonyl (C=O) groups is 1. The molecule has 3 rings (SSSR count). The normalized spacial score (nSPS) is 17.9. The summed E-state index contributed by atoms with van der Waals surface area (Å²) in [5, 5.41) is 4.12. The number of aromatic amines is 1. The average Bonchev–Trinajstić information content (AvgIpc) is 3.07. The fraction of sp³-hybridized carbons (Fsp3) is 0.500. The van der Waals surface area contributed by atoms with E-state index in [9.17, 15) is 9.59 Å². The molecule has 2 aromatic heterocycles. The number of carbonyl (C=O) groups excluding carboxylic acids is 1. The maximum atomic E-state index is 12.4. The van der Waals surface area contributed by atoms with Gasteiger partial charge in [-0.3, -0.25) is 14.3 Å². The van der Waals surface area contributed by atoms with Gasteiger partial charge in [-0.2, -0.15) is 5.10 Å². The predicted molar refractivity (Wildman–Crippen MR) is 86.3 cm³/mol. The van der Waals surface area contributed by atoms with E-state index < -0.39 is 0 Å². The third-order valence-corrected chi connectivity index (χ3v) is 3.97. The van der Waals surface area contributed by atoms with Crippen LogP contribution in [0.25, 0.3) is 0 Å². The molecule has 1 fully saturated rings. The van der Waals surface area contributed by atoms with Crippen LogP contribution in [-0.2, 0) is 16.1 Å². The van der Waals surface area contributed by atoms with E-state index >= 15 is 0 Å². The Bertz CT molecular complexity index is 740. The highest BCUT2D eigenvalue weighted by atomic mass is 16.5. The summed E-state index contributed by atoms with van der Waals surface area (Å²) < 4.78 is 7.51. The zero-order valence-corrected chi connectivity index (χ0v) is 13.6. The molecule has 1 N–H and O–H groups in total. The molecule has 1 aliphatic rings. The van der Waals surface area contributed by atoms with Crippen molar-refractivity contribution < 1.29 is 9.53 Å². The van der Waals surface area contributed by atoms with Crippen LogP contribution in [0.1, 0.15) is 30.5 Å². The molecule has 2 aromatic rings. The van der Waals surface area contributed by atoms with Gasteiger partial charge in [0.05, 0.1) is 18.8 Å². The van der Waals surface area contributed by atoms with Crippen LogP contribution < -0.4 is 5.56 Å². The van der Waals surface area contributed by atoms with E-state index in [4.69, 9.17) is 4.74 Å². The van der Waals surface area contributed by atoms with Gasteiger partial charge in [0.1, 0.15) is 11.9 Å². The molecule has 1 saturated heterocycles. The van der Waals surface area contributed by atoms with E-state index in [-0.39, 0.29) is 17.6 Å². The summed E-state index contributed by atoms with van der Waals surface area (Å²) >= 11 is 0. The number of nitrogens with zero attached hydrogens (tertiary/aromatic N) is 4. The number of hydrogen-bond acceptors (Lipinski definition) is 5. The summed E-state index contributed by atoms with van der Waals surface area (Å²) in [6, 6.07) is 3.30. The number of nitrogens with one attached hydrogen (secondary N) is 1. The molecule has 3 heterocycles. The standard InChI is InChI=1S/C16H21N5O3/c1-12-18-13(10-15(22)19-12)14-11-20(8-9-24-14)16(23)4-2-6-21-7-3-5-17-21/h3,5,7,10,14H,2,4,6,8-9,11H2,1H3,(H,18,19,22)/t14-/m0/s1. The lowest BCUT2D eigenvalue weighted by molar-refractivity contribution is -0.139. The van der Waals surface area contributed by atoms with E-state index in [1.807, 2.05) is 16.9 Å². The van der Waals surface area contributed by atoms with Crippen LogP contribution in [0.15, 0.2) is 29.3 Å². The van der Waals surface area contributed by atoms with E-state index in [0.717, 1.165) is 13.0 Å². The molecule has 0 saturated carbocycles. The number of hydrogen-bond donors (Lipinski definition) is 1. The molecule has 8 heteroatoms. The maximum absolute atomic E-state index is 12.4. The first-order chi connectivity index (χ1) is 11.6. The van der Waals surface area contributed by atoms with Crippen molar-refractivity contribution in [2.75, 3.05) is 19.7 Å². The Labute approximate surface area is 139 Å². The van der Waals surface area contributed by atoms with Crippen LogP contribution in [0.3, 0.4) is 0 Å². The third kappa shape index (κ3) is 4.08. The molecule has 1 atom stereocenters. The Morgan fingerprint density at radius 1 is 1.50 bits per heavy atom. The molecule has 0 bridgehead atoms. The summed E-state index contributed by atoms with van der Waals surface area (Å²) in [7, 11) is 0. The monoisotopic (exact) mass is 331 g/mol. The first kappa shape index (κ1) is 16.4. The molecule has 1 amide bonds. The molecular formula is C16H21N5O3. The van der Waals surface area contributed by atoms with Crippen LogP contribution in [0.5, 0.6) is 0 Å². The molecule has 0 spiro atoms. The Morgan fingerprint density at radius 2 is 2.38 bits per heavy atom. The van der Waals surface area contributed by atoms with Crippen LogP contribution >= 0.6 is 0 Å². The van der Waals surface area contributed by atoms with E-state index in [1.165, 1.54) is 6.07 Å². The van der Waals surface area contributed by atoms with Crippen molar-refractivity contribution in [3.8, 4) is 0 Å². The van der Waals surface area contributed by atoms with E-state index in [1.54, 1.807) is 18.0 Å². The number of aromatic nitrogens is 4. The van der Waals surface area contributed by atoms with Gasteiger partial charge < -0.3 is 14.6 Å². The minimum atomic E-state index is -0.352. The number of morpholine rings is 1. The van der Waals surface area contributed by atoms with Crippen LogP contribution in [0.4, 0.5) is 0 Å². The largest absolute Gasteiger partial charge is 0.368 e. The van der Waals surface area contributed by atoms with Crippen molar-refractivity contribution >= 4 is 5.91 Å². The first-order valence-corrected chi connectivity index (χ1v) is 8.06. The second-order valence-electron chi connectivity index (χ2n) is 5.83. The molecule has 24 heavy (non-hydrogen) atoms. The van der Waals surface area contributed by atoms with Crippen LogP contribution in [0.2, 0.25) is 0 Å². The predicted octanol–water partition coefficient (Wildman–Crippen LogP) is 0.655. The fourth-order valence-corrected chi connectivity index (χ4v) is 2.81. The average molecular weight is 331 g/mol. The van der Waals surface area contributed by atoms with Gasteiger partial charge in [-0.15, -0.1) is 0 Å². The molecule has 0 aliphatic carbocycles. The molecule has 1 aliphatic heterocycles. The van der Waals surface area contributed by atoms with Gasteiger partial charge in [0, 0.05) is 38.0 Å². The third-order valence-electron chi connectivity index (χ3n) is 3.97.